The Balaban J connectivity index is 1.48. The molecule has 2 aliphatic rings. The third-order valence-electron chi connectivity index (χ3n) is 4.75. The van der Waals surface area contributed by atoms with Crippen molar-refractivity contribution in [2.75, 3.05) is 39.8 Å². The van der Waals surface area contributed by atoms with E-state index in [2.05, 4.69) is 10.1 Å². The fourth-order valence-corrected chi connectivity index (χ4v) is 3.25. The van der Waals surface area contributed by atoms with Crippen LogP contribution in [0.2, 0.25) is 0 Å². The van der Waals surface area contributed by atoms with E-state index in [0.717, 1.165) is 37.5 Å². The molecule has 126 valence electrons. The van der Waals surface area contributed by atoms with E-state index in [9.17, 15) is 9.59 Å². The predicted octanol–water partition coefficient (Wildman–Crippen LogP) is 0.496. The second-order valence-corrected chi connectivity index (χ2v) is 6.54. The predicted molar refractivity (Wildman–Crippen MR) is 83.5 cm³/mol. The maximum Gasteiger partial charge on any atom is 0.226 e. The molecule has 2 aliphatic heterocycles. The smallest absolute Gasteiger partial charge is 0.226 e. The van der Waals surface area contributed by atoms with Crippen LogP contribution in [0.4, 0.5) is 0 Å². The lowest BCUT2D eigenvalue weighted by atomic mass is 9.94. The Bertz CT molecular complexity index is 578. The molecule has 0 spiro atoms. The molecule has 2 fully saturated rings. The number of piperidine rings is 1. The van der Waals surface area contributed by atoms with Crippen LogP contribution in [-0.2, 0) is 16.1 Å². The molecular formula is C16H24N4O3. The van der Waals surface area contributed by atoms with Gasteiger partial charge in [-0.3, -0.25) is 14.5 Å². The first-order chi connectivity index (χ1) is 11.0. The average Bonchev–Trinajstić information content (AvgIpc) is 2.95. The highest BCUT2D eigenvalue weighted by atomic mass is 16.5. The third kappa shape index (κ3) is 3.72. The Kier molecular flexibility index (Phi) is 4.66. The van der Waals surface area contributed by atoms with Gasteiger partial charge >= 0.3 is 0 Å². The summed E-state index contributed by atoms with van der Waals surface area (Å²) < 4.78 is 5.24. The van der Waals surface area contributed by atoms with E-state index in [1.54, 1.807) is 11.9 Å². The first kappa shape index (κ1) is 16.0. The number of rotatable bonds is 3. The van der Waals surface area contributed by atoms with Gasteiger partial charge in [0.2, 0.25) is 11.8 Å². The zero-order valence-electron chi connectivity index (χ0n) is 13.8. The van der Waals surface area contributed by atoms with Gasteiger partial charge in [0, 0.05) is 58.2 Å². The Morgan fingerprint density at radius 1 is 1.30 bits per heavy atom. The summed E-state index contributed by atoms with van der Waals surface area (Å²) in [6, 6.07) is 1.95. The van der Waals surface area contributed by atoms with Crippen molar-refractivity contribution in [2.45, 2.75) is 26.3 Å². The lowest BCUT2D eigenvalue weighted by Crippen LogP contribution is -2.51. The maximum absolute atomic E-state index is 12.6. The molecule has 0 saturated carbocycles. The topological polar surface area (TPSA) is 69.9 Å². The lowest BCUT2D eigenvalue weighted by Gasteiger charge is -2.37. The SMILES string of the molecule is Cc1cc(CN2CCN(C(=O)[C@H]3CCN(C)C(=O)C3)CC2)on1. The zero-order chi connectivity index (χ0) is 16.4. The first-order valence-electron chi connectivity index (χ1n) is 8.20. The zero-order valence-corrected chi connectivity index (χ0v) is 13.8. The summed E-state index contributed by atoms with van der Waals surface area (Å²) >= 11 is 0. The Labute approximate surface area is 136 Å². The standard InChI is InChI=1S/C16H24N4O3/c1-12-9-14(23-17-12)11-19-5-7-20(8-6-19)16(22)13-3-4-18(2)15(21)10-13/h9,13H,3-8,10-11H2,1-2H3/t13-/m0/s1. The number of aryl methyl sites for hydroxylation is 1. The molecule has 3 rings (SSSR count). The van der Waals surface area contributed by atoms with E-state index in [1.807, 2.05) is 17.9 Å². The molecule has 0 aromatic carbocycles. The lowest BCUT2D eigenvalue weighted by molar-refractivity contribution is -0.145. The Morgan fingerprint density at radius 2 is 2.04 bits per heavy atom. The number of likely N-dealkylation sites (tertiary alicyclic amines) is 1. The van der Waals surface area contributed by atoms with Crippen molar-refractivity contribution in [2.24, 2.45) is 5.92 Å². The molecule has 2 amide bonds. The van der Waals surface area contributed by atoms with Gasteiger partial charge in [-0.25, -0.2) is 0 Å². The van der Waals surface area contributed by atoms with Gasteiger partial charge in [-0.05, 0) is 13.3 Å². The molecule has 1 atom stereocenters. The molecule has 23 heavy (non-hydrogen) atoms. The van der Waals surface area contributed by atoms with E-state index in [-0.39, 0.29) is 17.7 Å². The van der Waals surface area contributed by atoms with Crippen molar-refractivity contribution >= 4 is 11.8 Å². The molecular weight excluding hydrogens is 296 g/mol. The van der Waals surface area contributed by atoms with Crippen molar-refractivity contribution < 1.29 is 14.1 Å². The van der Waals surface area contributed by atoms with Crippen molar-refractivity contribution in [1.82, 2.24) is 19.9 Å². The van der Waals surface area contributed by atoms with Crippen molar-refractivity contribution in [3.8, 4) is 0 Å². The third-order valence-corrected chi connectivity index (χ3v) is 4.75. The van der Waals surface area contributed by atoms with E-state index < -0.39 is 0 Å². The van der Waals surface area contributed by atoms with Gasteiger partial charge < -0.3 is 14.3 Å². The molecule has 2 saturated heterocycles. The summed E-state index contributed by atoms with van der Waals surface area (Å²) in [6.45, 7) is 6.40. The van der Waals surface area contributed by atoms with Crippen LogP contribution in [0.15, 0.2) is 10.6 Å². The second-order valence-electron chi connectivity index (χ2n) is 6.54. The summed E-state index contributed by atoms with van der Waals surface area (Å²) in [7, 11) is 1.80. The van der Waals surface area contributed by atoms with Gasteiger partial charge in [-0.15, -0.1) is 0 Å². The van der Waals surface area contributed by atoms with Crippen LogP contribution in [0.25, 0.3) is 0 Å². The quantitative estimate of drug-likeness (QED) is 0.811. The Morgan fingerprint density at radius 3 is 2.65 bits per heavy atom. The second kappa shape index (κ2) is 6.70. The van der Waals surface area contributed by atoms with Crippen LogP contribution < -0.4 is 0 Å². The maximum atomic E-state index is 12.6. The summed E-state index contributed by atoms with van der Waals surface area (Å²) in [5.41, 5.74) is 0.890. The molecule has 0 unspecified atom stereocenters. The van der Waals surface area contributed by atoms with Crippen molar-refractivity contribution in [1.29, 1.82) is 0 Å². The minimum atomic E-state index is -0.137. The number of hydrogen-bond donors (Lipinski definition) is 0. The van der Waals surface area contributed by atoms with Crippen LogP contribution in [-0.4, -0.2) is 71.4 Å². The molecule has 0 radical (unpaired) electrons. The molecule has 1 aromatic rings. The number of carbonyl (C=O) groups is 2. The minimum absolute atomic E-state index is 0.0777. The van der Waals surface area contributed by atoms with Crippen LogP contribution in [0.1, 0.15) is 24.3 Å². The van der Waals surface area contributed by atoms with Gasteiger partial charge in [-0.2, -0.15) is 0 Å². The highest BCUT2D eigenvalue weighted by Crippen LogP contribution is 2.21. The average molecular weight is 320 g/mol. The summed E-state index contributed by atoms with van der Waals surface area (Å²) in [6.07, 6.45) is 1.13. The summed E-state index contributed by atoms with van der Waals surface area (Å²) in [4.78, 5) is 30.2. The van der Waals surface area contributed by atoms with Crippen LogP contribution in [0, 0.1) is 12.8 Å². The summed E-state index contributed by atoms with van der Waals surface area (Å²) in [5.74, 6) is 0.945. The van der Waals surface area contributed by atoms with Crippen molar-refractivity contribution in [3.05, 3.63) is 17.5 Å². The number of nitrogens with zero attached hydrogens (tertiary/aromatic N) is 4. The normalized spacial score (nSPS) is 23.4. The fraction of sp³-hybridized carbons (Fsp3) is 0.688. The molecule has 1 aromatic heterocycles. The number of carbonyl (C=O) groups excluding carboxylic acids is 2. The molecule has 7 nitrogen and oxygen atoms in total. The van der Waals surface area contributed by atoms with Gasteiger partial charge in [0.1, 0.15) is 0 Å². The minimum Gasteiger partial charge on any atom is -0.360 e. The van der Waals surface area contributed by atoms with E-state index >= 15 is 0 Å². The monoisotopic (exact) mass is 320 g/mol. The molecule has 3 heterocycles. The molecule has 7 heteroatoms. The van der Waals surface area contributed by atoms with Gasteiger partial charge in [0.25, 0.3) is 0 Å². The number of amides is 2. The highest BCUT2D eigenvalue weighted by molar-refractivity contribution is 5.87. The van der Waals surface area contributed by atoms with Gasteiger partial charge in [0.15, 0.2) is 5.76 Å². The molecule has 0 aliphatic carbocycles. The van der Waals surface area contributed by atoms with Crippen molar-refractivity contribution in [3.63, 3.8) is 0 Å². The highest BCUT2D eigenvalue weighted by Gasteiger charge is 2.32. The largest absolute Gasteiger partial charge is 0.360 e. The van der Waals surface area contributed by atoms with Crippen LogP contribution in [0.3, 0.4) is 0 Å². The van der Waals surface area contributed by atoms with Crippen LogP contribution in [0.5, 0.6) is 0 Å². The number of hydrogen-bond acceptors (Lipinski definition) is 5. The Hall–Kier alpha value is -1.89. The molecule has 0 N–H and O–H groups in total. The first-order valence-corrected chi connectivity index (χ1v) is 8.20. The van der Waals surface area contributed by atoms with Crippen LogP contribution >= 0.6 is 0 Å². The van der Waals surface area contributed by atoms with Gasteiger partial charge in [-0.1, -0.05) is 5.16 Å². The summed E-state index contributed by atoms with van der Waals surface area (Å²) in [5, 5.41) is 3.90. The van der Waals surface area contributed by atoms with E-state index in [1.165, 1.54) is 0 Å². The number of piperazine rings is 1. The number of aromatic nitrogens is 1. The van der Waals surface area contributed by atoms with E-state index in [0.29, 0.717) is 26.1 Å². The molecule has 0 bridgehead atoms. The van der Waals surface area contributed by atoms with E-state index in [4.69, 9.17) is 4.52 Å². The fourth-order valence-electron chi connectivity index (χ4n) is 3.25. The van der Waals surface area contributed by atoms with Gasteiger partial charge in [0.05, 0.1) is 12.2 Å².